The van der Waals surface area contributed by atoms with Crippen LogP contribution in [0.5, 0.6) is 0 Å². The van der Waals surface area contributed by atoms with E-state index in [2.05, 4.69) is 6.58 Å². The number of hydrogen-bond acceptors (Lipinski definition) is 1. The summed E-state index contributed by atoms with van der Waals surface area (Å²) >= 11 is 0. The van der Waals surface area contributed by atoms with Crippen molar-refractivity contribution in [3.05, 3.63) is 12.7 Å². The third kappa shape index (κ3) is 4.80. The van der Waals surface area contributed by atoms with E-state index in [1.54, 1.807) is 0 Å². The second-order valence-corrected chi connectivity index (χ2v) is 4.72. The lowest BCUT2D eigenvalue weighted by Crippen LogP contribution is -2.23. The maximum Gasteiger partial charge on any atom is 0.00444 e. The van der Waals surface area contributed by atoms with Crippen molar-refractivity contribution < 1.29 is 0 Å². The molecule has 82 valence electrons. The summed E-state index contributed by atoms with van der Waals surface area (Å²) in [5.74, 6) is 0.914. The highest BCUT2D eigenvalue weighted by Crippen LogP contribution is 2.26. The average Bonchev–Trinajstić information content (AvgIpc) is 2.43. The van der Waals surface area contributed by atoms with Gasteiger partial charge in [0, 0.05) is 6.04 Å². The summed E-state index contributed by atoms with van der Waals surface area (Å²) in [5.41, 5.74) is 6.09. The molecule has 0 aromatic heterocycles. The number of nitrogens with two attached hydrogens (primary N) is 1. The van der Waals surface area contributed by atoms with Crippen molar-refractivity contribution in [1.29, 1.82) is 0 Å². The molecule has 1 heteroatoms. The molecule has 1 unspecified atom stereocenters. The van der Waals surface area contributed by atoms with Gasteiger partial charge in [-0.15, -0.1) is 6.58 Å². The van der Waals surface area contributed by atoms with Gasteiger partial charge in [0.05, 0.1) is 0 Å². The molecule has 1 saturated carbocycles. The van der Waals surface area contributed by atoms with Gasteiger partial charge in [-0.1, -0.05) is 44.6 Å². The smallest absolute Gasteiger partial charge is 0.00444 e. The van der Waals surface area contributed by atoms with Crippen LogP contribution >= 0.6 is 0 Å². The van der Waals surface area contributed by atoms with E-state index in [0.29, 0.717) is 6.04 Å². The summed E-state index contributed by atoms with van der Waals surface area (Å²) in [6.45, 7) is 3.74. The van der Waals surface area contributed by atoms with Crippen molar-refractivity contribution in [2.24, 2.45) is 11.7 Å². The normalized spacial score (nSPS) is 21.5. The number of rotatable bonds is 5. The highest BCUT2D eigenvalue weighted by atomic mass is 14.6. The van der Waals surface area contributed by atoms with Crippen molar-refractivity contribution in [2.75, 3.05) is 0 Å². The number of hydrogen-bond donors (Lipinski definition) is 1. The highest BCUT2D eigenvalue weighted by molar-refractivity contribution is 4.75. The van der Waals surface area contributed by atoms with Crippen molar-refractivity contribution in [1.82, 2.24) is 0 Å². The Bertz CT molecular complexity index is 145. The van der Waals surface area contributed by atoms with E-state index < -0.39 is 0 Å². The van der Waals surface area contributed by atoms with E-state index in [1.165, 1.54) is 44.9 Å². The predicted molar refractivity (Wildman–Crippen MR) is 63.2 cm³/mol. The van der Waals surface area contributed by atoms with Gasteiger partial charge in [-0.05, 0) is 25.2 Å². The molecule has 0 aromatic rings. The summed E-state index contributed by atoms with van der Waals surface area (Å²) in [4.78, 5) is 0. The molecule has 1 rings (SSSR count). The summed E-state index contributed by atoms with van der Waals surface area (Å²) in [6, 6.07) is 0.413. The molecule has 0 aromatic carbocycles. The zero-order valence-electron chi connectivity index (χ0n) is 9.38. The van der Waals surface area contributed by atoms with Crippen LogP contribution in [0.2, 0.25) is 0 Å². The Balaban J connectivity index is 2.16. The van der Waals surface area contributed by atoms with E-state index in [-0.39, 0.29) is 0 Å². The standard InChI is InChI=1S/C13H25N/c1-2-3-10-13(14)11-12-8-6-4-5-7-9-12/h2,12-13H,1,3-11,14H2. The monoisotopic (exact) mass is 195 g/mol. The van der Waals surface area contributed by atoms with Gasteiger partial charge in [-0.2, -0.15) is 0 Å². The largest absolute Gasteiger partial charge is 0.328 e. The third-order valence-corrected chi connectivity index (χ3v) is 3.35. The second kappa shape index (κ2) is 7.05. The molecule has 1 fully saturated rings. The Morgan fingerprint density at radius 2 is 1.86 bits per heavy atom. The molecule has 1 atom stereocenters. The molecule has 0 amide bonds. The van der Waals surface area contributed by atoms with E-state index >= 15 is 0 Å². The first-order valence-electron chi connectivity index (χ1n) is 6.19. The van der Waals surface area contributed by atoms with Gasteiger partial charge < -0.3 is 5.73 Å². The number of allylic oxidation sites excluding steroid dienone is 1. The first kappa shape index (κ1) is 11.8. The zero-order chi connectivity index (χ0) is 10.2. The van der Waals surface area contributed by atoms with Crippen LogP contribution in [0.4, 0.5) is 0 Å². The van der Waals surface area contributed by atoms with Crippen LogP contribution in [0.15, 0.2) is 12.7 Å². The van der Waals surface area contributed by atoms with E-state index in [4.69, 9.17) is 5.73 Å². The molecule has 0 bridgehead atoms. The minimum Gasteiger partial charge on any atom is -0.328 e. The van der Waals surface area contributed by atoms with Crippen LogP contribution in [-0.4, -0.2) is 6.04 Å². The predicted octanol–water partition coefficient (Wildman–Crippen LogP) is 3.64. The van der Waals surface area contributed by atoms with Crippen LogP contribution in [0.1, 0.15) is 57.8 Å². The van der Waals surface area contributed by atoms with E-state index in [0.717, 1.165) is 18.8 Å². The molecule has 0 radical (unpaired) electrons. The lowest BCUT2D eigenvalue weighted by molar-refractivity contribution is 0.379. The Morgan fingerprint density at radius 3 is 2.43 bits per heavy atom. The molecule has 0 aliphatic heterocycles. The lowest BCUT2D eigenvalue weighted by Gasteiger charge is -2.18. The van der Waals surface area contributed by atoms with Crippen LogP contribution in [-0.2, 0) is 0 Å². The average molecular weight is 195 g/mol. The van der Waals surface area contributed by atoms with Crippen LogP contribution in [0, 0.1) is 5.92 Å². The van der Waals surface area contributed by atoms with Crippen molar-refractivity contribution in [3.8, 4) is 0 Å². The fourth-order valence-corrected chi connectivity index (χ4v) is 2.48. The van der Waals surface area contributed by atoms with Crippen LogP contribution in [0.3, 0.4) is 0 Å². The Kier molecular flexibility index (Phi) is 5.93. The maximum absolute atomic E-state index is 6.09. The Labute approximate surface area is 88.8 Å². The first-order valence-corrected chi connectivity index (χ1v) is 6.19. The van der Waals surface area contributed by atoms with E-state index in [1.807, 2.05) is 6.08 Å². The quantitative estimate of drug-likeness (QED) is 0.526. The molecule has 0 spiro atoms. The summed E-state index contributed by atoms with van der Waals surface area (Å²) in [5, 5.41) is 0. The van der Waals surface area contributed by atoms with Gasteiger partial charge in [0.1, 0.15) is 0 Å². The molecule has 1 nitrogen and oxygen atoms in total. The highest BCUT2D eigenvalue weighted by Gasteiger charge is 2.15. The molecular formula is C13H25N. The third-order valence-electron chi connectivity index (χ3n) is 3.35. The van der Waals surface area contributed by atoms with Gasteiger partial charge >= 0.3 is 0 Å². The van der Waals surface area contributed by atoms with Crippen molar-refractivity contribution in [2.45, 2.75) is 63.8 Å². The van der Waals surface area contributed by atoms with E-state index in [9.17, 15) is 0 Å². The van der Waals surface area contributed by atoms with Gasteiger partial charge in [0.2, 0.25) is 0 Å². The van der Waals surface area contributed by atoms with Crippen LogP contribution in [0.25, 0.3) is 0 Å². The zero-order valence-corrected chi connectivity index (χ0v) is 9.38. The molecule has 1 aliphatic rings. The fraction of sp³-hybridized carbons (Fsp3) is 0.846. The molecular weight excluding hydrogens is 170 g/mol. The molecule has 0 heterocycles. The summed E-state index contributed by atoms with van der Waals surface area (Å²) in [7, 11) is 0. The van der Waals surface area contributed by atoms with Gasteiger partial charge in [0.15, 0.2) is 0 Å². The molecule has 14 heavy (non-hydrogen) atoms. The maximum atomic E-state index is 6.09. The summed E-state index contributed by atoms with van der Waals surface area (Å²) < 4.78 is 0. The minimum atomic E-state index is 0.413. The summed E-state index contributed by atoms with van der Waals surface area (Å²) in [6.07, 6.45) is 14.0. The van der Waals surface area contributed by atoms with Crippen molar-refractivity contribution in [3.63, 3.8) is 0 Å². The van der Waals surface area contributed by atoms with Crippen molar-refractivity contribution >= 4 is 0 Å². The second-order valence-electron chi connectivity index (χ2n) is 4.72. The topological polar surface area (TPSA) is 26.0 Å². The lowest BCUT2D eigenvalue weighted by atomic mass is 9.91. The Morgan fingerprint density at radius 1 is 1.21 bits per heavy atom. The minimum absolute atomic E-state index is 0.413. The SMILES string of the molecule is C=CCCC(N)CC1CCCCCC1. The van der Waals surface area contributed by atoms with Gasteiger partial charge in [-0.25, -0.2) is 0 Å². The van der Waals surface area contributed by atoms with Gasteiger partial charge in [-0.3, -0.25) is 0 Å². The fourth-order valence-electron chi connectivity index (χ4n) is 2.48. The Hall–Kier alpha value is -0.300. The molecule has 1 aliphatic carbocycles. The molecule has 2 N–H and O–H groups in total. The first-order chi connectivity index (χ1) is 6.83. The van der Waals surface area contributed by atoms with Gasteiger partial charge in [0.25, 0.3) is 0 Å². The molecule has 0 saturated heterocycles. The van der Waals surface area contributed by atoms with Crippen LogP contribution < -0.4 is 5.73 Å².